The molecule has 30 heavy (non-hydrogen) atoms. The standard InChI is InChI=1S/C21H19FN4O4/c1-13-18(10-11-27)19(28)25-21(24-13)26-23-12-14-2-8-17(9-3-14)30-20(29)15-4-6-16(22)7-5-15/h2-9,12,27H,10-11H2,1H3,(H2,24,25,26,28)/b23-12-. The van der Waals surface area contributed by atoms with Crippen molar-refractivity contribution < 1.29 is 19.0 Å². The van der Waals surface area contributed by atoms with Gasteiger partial charge in [-0.2, -0.15) is 5.10 Å². The topological polar surface area (TPSA) is 117 Å². The minimum absolute atomic E-state index is 0.133. The van der Waals surface area contributed by atoms with Gasteiger partial charge in [-0.3, -0.25) is 9.78 Å². The van der Waals surface area contributed by atoms with Gasteiger partial charge in [0, 0.05) is 18.6 Å². The fraction of sp³-hybridized carbons (Fsp3) is 0.143. The zero-order chi connectivity index (χ0) is 21.5. The van der Waals surface area contributed by atoms with Gasteiger partial charge < -0.3 is 9.84 Å². The number of aryl methyl sites for hydroxylation is 1. The third kappa shape index (κ3) is 5.36. The molecule has 0 spiro atoms. The van der Waals surface area contributed by atoms with Gasteiger partial charge in [-0.25, -0.2) is 19.6 Å². The molecular weight excluding hydrogens is 391 g/mol. The second-order valence-electron chi connectivity index (χ2n) is 6.29. The zero-order valence-corrected chi connectivity index (χ0v) is 16.1. The summed E-state index contributed by atoms with van der Waals surface area (Å²) in [4.78, 5) is 30.7. The van der Waals surface area contributed by atoms with Crippen molar-refractivity contribution in [2.75, 3.05) is 12.0 Å². The van der Waals surface area contributed by atoms with E-state index in [4.69, 9.17) is 9.84 Å². The van der Waals surface area contributed by atoms with Crippen LogP contribution in [0.15, 0.2) is 58.4 Å². The Morgan fingerprint density at radius 2 is 1.93 bits per heavy atom. The fourth-order valence-electron chi connectivity index (χ4n) is 2.61. The second kappa shape index (κ2) is 9.57. The molecule has 3 rings (SSSR count). The normalized spacial score (nSPS) is 10.9. The van der Waals surface area contributed by atoms with Crippen molar-refractivity contribution in [2.24, 2.45) is 5.10 Å². The Morgan fingerprint density at radius 1 is 1.23 bits per heavy atom. The van der Waals surface area contributed by atoms with Crippen LogP contribution in [0.5, 0.6) is 5.75 Å². The number of hydrogen-bond donors (Lipinski definition) is 3. The molecule has 0 amide bonds. The molecule has 8 nitrogen and oxygen atoms in total. The Balaban J connectivity index is 1.60. The Morgan fingerprint density at radius 3 is 2.57 bits per heavy atom. The molecule has 0 unspecified atom stereocenters. The van der Waals surface area contributed by atoms with Gasteiger partial charge >= 0.3 is 5.97 Å². The minimum Gasteiger partial charge on any atom is -0.423 e. The van der Waals surface area contributed by atoms with E-state index in [-0.39, 0.29) is 30.1 Å². The summed E-state index contributed by atoms with van der Waals surface area (Å²) in [5, 5.41) is 13.0. The van der Waals surface area contributed by atoms with Crippen LogP contribution < -0.4 is 15.7 Å². The van der Waals surface area contributed by atoms with E-state index in [1.807, 2.05) is 0 Å². The Bertz CT molecular complexity index is 1110. The number of aromatic nitrogens is 2. The van der Waals surface area contributed by atoms with Crippen molar-refractivity contribution in [3.05, 3.63) is 87.1 Å². The van der Waals surface area contributed by atoms with E-state index in [9.17, 15) is 14.0 Å². The van der Waals surface area contributed by atoms with Crippen molar-refractivity contribution in [1.29, 1.82) is 0 Å². The Hall–Kier alpha value is -3.85. The number of carbonyl (C=O) groups excluding carboxylic acids is 1. The lowest BCUT2D eigenvalue weighted by atomic mass is 10.2. The highest BCUT2D eigenvalue weighted by Gasteiger charge is 2.09. The quantitative estimate of drug-likeness (QED) is 0.238. The number of H-pyrrole nitrogens is 1. The van der Waals surface area contributed by atoms with E-state index in [0.29, 0.717) is 22.6 Å². The third-order valence-electron chi connectivity index (χ3n) is 4.14. The van der Waals surface area contributed by atoms with Crippen molar-refractivity contribution in [3.8, 4) is 5.75 Å². The molecule has 0 atom stereocenters. The van der Waals surface area contributed by atoms with Crippen LogP contribution >= 0.6 is 0 Å². The van der Waals surface area contributed by atoms with Crippen LogP contribution in [0.2, 0.25) is 0 Å². The summed E-state index contributed by atoms with van der Waals surface area (Å²) in [5.41, 5.74) is 4.20. The van der Waals surface area contributed by atoms with Gasteiger partial charge in [-0.15, -0.1) is 0 Å². The summed E-state index contributed by atoms with van der Waals surface area (Å²) in [5.74, 6) is -0.511. The molecule has 9 heteroatoms. The molecule has 0 saturated heterocycles. The Kier molecular flexibility index (Phi) is 6.66. The summed E-state index contributed by atoms with van der Waals surface area (Å²) in [6.07, 6.45) is 1.73. The summed E-state index contributed by atoms with van der Waals surface area (Å²) in [6, 6.07) is 11.6. The van der Waals surface area contributed by atoms with E-state index in [1.54, 1.807) is 31.2 Å². The first-order chi connectivity index (χ1) is 14.5. The lowest BCUT2D eigenvalue weighted by molar-refractivity contribution is 0.0734. The molecule has 3 N–H and O–H groups in total. The first-order valence-electron chi connectivity index (χ1n) is 9.04. The number of aliphatic hydroxyl groups excluding tert-OH is 1. The van der Waals surface area contributed by atoms with Gasteiger partial charge in [0.2, 0.25) is 5.95 Å². The molecule has 0 fully saturated rings. The van der Waals surface area contributed by atoms with Gasteiger partial charge in [0.15, 0.2) is 0 Å². The molecule has 2 aromatic carbocycles. The van der Waals surface area contributed by atoms with Crippen LogP contribution in [-0.4, -0.2) is 33.9 Å². The highest BCUT2D eigenvalue weighted by Crippen LogP contribution is 2.14. The predicted octanol–water partition coefficient (Wildman–Crippen LogP) is 2.42. The number of aromatic amines is 1. The fourth-order valence-corrected chi connectivity index (χ4v) is 2.61. The average molecular weight is 410 g/mol. The average Bonchev–Trinajstić information content (AvgIpc) is 2.72. The van der Waals surface area contributed by atoms with E-state index in [1.165, 1.54) is 30.5 Å². The number of hydrogen-bond acceptors (Lipinski definition) is 7. The van der Waals surface area contributed by atoms with E-state index < -0.39 is 11.8 Å². The van der Waals surface area contributed by atoms with Crippen LogP contribution in [-0.2, 0) is 6.42 Å². The molecule has 0 bridgehead atoms. The SMILES string of the molecule is Cc1nc(N/N=C\c2ccc(OC(=O)c3ccc(F)cc3)cc2)[nH]c(=O)c1CCO. The summed E-state index contributed by atoms with van der Waals surface area (Å²) in [7, 11) is 0. The summed E-state index contributed by atoms with van der Waals surface area (Å²) in [6.45, 7) is 1.55. The molecule has 1 heterocycles. The number of carbonyl (C=O) groups is 1. The molecule has 1 aromatic heterocycles. The molecule has 3 aromatic rings. The number of halogens is 1. The summed E-state index contributed by atoms with van der Waals surface area (Å²) < 4.78 is 18.2. The maximum Gasteiger partial charge on any atom is 0.343 e. The summed E-state index contributed by atoms with van der Waals surface area (Å²) >= 11 is 0. The lowest BCUT2D eigenvalue weighted by Gasteiger charge is -2.05. The highest BCUT2D eigenvalue weighted by molar-refractivity contribution is 5.91. The minimum atomic E-state index is -0.590. The van der Waals surface area contributed by atoms with Crippen molar-refractivity contribution in [1.82, 2.24) is 9.97 Å². The van der Waals surface area contributed by atoms with Gasteiger partial charge in [-0.1, -0.05) is 0 Å². The molecule has 0 aliphatic carbocycles. The van der Waals surface area contributed by atoms with Gasteiger partial charge in [0.05, 0.1) is 17.5 Å². The third-order valence-corrected chi connectivity index (χ3v) is 4.14. The van der Waals surface area contributed by atoms with Crippen LogP contribution in [0.4, 0.5) is 10.3 Å². The van der Waals surface area contributed by atoms with E-state index in [0.717, 1.165) is 0 Å². The van der Waals surface area contributed by atoms with Crippen LogP contribution in [0.3, 0.4) is 0 Å². The van der Waals surface area contributed by atoms with E-state index >= 15 is 0 Å². The van der Waals surface area contributed by atoms with Gasteiger partial charge in [-0.05, 0) is 61.0 Å². The molecule has 154 valence electrons. The van der Waals surface area contributed by atoms with E-state index in [2.05, 4.69) is 20.5 Å². The number of aliphatic hydroxyl groups is 1. The number of ether oxygens (including phenoxy) is 1. The molecular formula is C21H19FN4O4. The number of esters is 1. The molecule has 0 radical (unpaired) electrons. The smallest absolute Gasteiger partial charge is 0.343 e. The number of hydrazone groups is 1. The van der Waals surface area contributed by atoms with Crippen LogP contribution in [0.25, 0.3) is 0 Å². The van der Waals surface area contributed by atoms with Crippen LogP contribution in [0, 0.1) is 12.7 Å². The van der Waals surface area contributed by atoms with Crippen LogP contribution in [0.1, 0.15) is 27.2 Å². The molecule has 0 saturated carbocycles. The lowest BCUT2D eigenvalue weighted by Crippen LogP contribution is -2.19. The Labute approximate surface area is 171 Å². The first-order valence-corrected chi connectivity index (χ1v) is 9.04. The predicted molar refractivity (Wildman–Crippen MR) is 109 cm³/mol. The molecule has 0 aliphatic rings. The second-order valence-corrected chi connectivity index (χ2v) is 6.29. The van der Waals surface area contributed by atoms with Crippen molar-refractivity contribution in [3.63, 3.8) is 0 Å². The maximum absolute atomic E-state index is 12.9. The number of rotatable bonds is 7. The van der Waals surface area contributed by atoms with Crippen molar-refractivity contribution >= 4 is 18.1 Å². The maximum atomic E-state index is 12.9. The first kappa shape index (κ1) is 20.9. The monoisotopic (exact) mass is 410 g/mol. The number of benzene rings is 2. The zero-order valence-electron chi connectivity index (χ0n) is 16.1. The number of anilines is 1. The van der Waals surface area contributed by atoms with Gasteiger partial charge in [0.1, 0.15) is 11.6 Å². The highest BCUT2D eigenvalue weighted by atomic mass is 19.1. The van der Waals surface area contributed by atoms with Crippen molar-refractivity contribution in [2.45, 2.75) is 13.3 Å². The number of nitrogens with zero attached hydrogens (tertiary/aromatic N) is 2. The molecule has 0 aliphatic heterocycles. The van der Waals surface area contributed by atoms with Gasteiger partial charge in [0.25, 0.3) is 5.56 Å². The largest absolute Gasteiger partial charge is 0.423 e. The number of nitrogens with one attached hydrogen (secondary N) is 2.